The van der Waals surface area contributed by atoms with Crippen LogP contribution < -0.4 is 5.32 Å². The molecule has 0 saturated carbocycles. The molecule has 1 heterocycles. The Labute approximate surface area is 133 Å². The van der Waals surface area contributed by atoms with Crippen LogP contribution in [-0.4, -0.2) is 55.1 Å². The molecule has 126 valence electrons. The van der Waals surface area contributed by atoms with E-state index < -0.39 is 27.7 Å². The zero-order valence-electron chi connectivity index (χ0n) is 12.5. The van der Waals surface area contributed by atoms with Crippen LogP contribution in [0, 0.1) is 5.82 Å². The van der Waals surface area contributed by atoms with Gasteiger partial charge in [0.1, 0.15) is 5.82 Å². The molecule has 1 amide bonds. The third kappa shape index (κ3) is 4.05. The fourth-order valence-corrected chi connectivity index (χ4v) is 3.77. The van der Waals surface area contributed by atoms with Gasteiger partial charge in [-0.1, -0.05) is 0 Å². The number of carbonyl (C=O) groups is 2. The topological polar surface area (TPSA) is 104 Å². The predicted molar refractivity (Wildman–Crippen MR) is 80.3 cm³/mol. The highest BCUT2D eigenvalue weighted by atomic mass is 32.2. The van der Waals surface area contributed by atoms with E-state index in [-0.39, 0.29) is 23.7 Å². The fraction of sp³-hybridized carbons (Fsp3) is 0.429. The third-order valence-electron chi connectivity index (χ3n) is 3.71. The molecule has 1 fully saturated rings. The predicted octanol–water partition coefficient (Wildman–Crippen LogP) is 0.678. The van der Waals surface area contributed by atoms with E-state index in [1.54, 1.807) is 0 Å². The minimum atomic E-state index is -3.34. The van der Waals surface area contributed by atoms with Crippen molar-refractivity contribution < 1.29 is 27.5 Å². The van der Waals surface area contributed by atoms with Crippen LogP contribution >= 0.6 is 0 Å². The molecule has 1 atom stereocenters. The lowest BCUT2D eigenvalue weighted by Gasteiger charge is -2.22. The molecule has 2 rings (SSSR count). The van der Waals surface area contributed by atoms with Crippen LogP contribution in [0.1, 0.15) is 33.6 Å². The first-order chi connectivity index (χ1) is 10.7. The molecule has 0 spiro atoms. The summed E-state index contributed by atoms with van der Waals surface area (Å²) >= 11 is 0. The van der Waals surface area contributed by atoms with E-state index in [0.717, 1.165) is 24.5 Å². The maximum Gasteiger partial charge on any atom is 0.335 e. The molecule has 2 N–H and O–H groups in total. The van der Waals surface area contributed by atoms with E-state index in [2.05, 4.69) is 5.32 Å². The van der Waals surface area contributed by atoms with Crippen LogP contribution in [0.4, 0.5) is 4.39 Å². The molecule has 0 aromatic heterocycles. The molecule has 1 saturated heterocycles. The number of rotatable bonds is 5. The number of hydrogen-bond donors (Lipinski definition) is 2. The molecule has 1 aliphatic rings. The van der Waals surface area contributed by atoms with Gasteiger partial charge < -0.3 is 10.4 Å². The molecular weight excluding hydrogens is 327 g/mol. The average molecular weight is 344 g/mol. The molecule has 0 unspecified atom stereocenters. The Morgan fingerprint density at radius 3 is 2.70 bits per heavy atom. The van der Waals surface area contributed by atoms with Gasteiger partial charge in [-0.15, -0.1) is 0 Å². The van der Waals surface area contributed by atoms with Crippen LogP contribution in [0.2, 0.25) is 0 Å². The third-order valence-corrected chi connectivity index (χ3v) is 5.04. The van der Waals surface area contributed by atoms with Crippen molar-refractivity contribution in [1.82, 2.24) is 9.62 Å². The highest BCUT2D eigenvalue weighted by Gasteiger charge is 2.31. The van der Waals surface area contributed by atoms with Crippen molar-refractivity contribution in [3.63, 3.8) is 0 Å². The average Bonchev–Trinajstić information content (AvgIpc) is 2.93. The van der Waals surface area contributed by atoms with Crippen molar-refractivity contribution in [2.75, 3.05) is 19.3 Å². The summed E-state index contributed by atoms with van der Waals surface area (Å²) in [5, 5.41) is 11.3. The van der Waals surface area contributed by atoms with Crippen LogP contribution in [0.3, 0.4) is 0 Å². The second-order valence-electron chi connectivity index (χ2n) is 5.38. The molecule has 9 heteroatoms. The molecule has 23 heavy (non-hydrogen) atoms. The Kier molecular flexibility index (Phi) is 5.00. The number of carboxylic acids is 1. The number of nitrogens with zero attached hydrogens (tertiary/aromatic N) is 1. The second-order valence-corrected chi connectivity index (χ2v) is 7.31. The van der Waals surface area contributed by atoms with Crippen molar-refractivity contribution in [1.29, 1.82) is 0 Å². The Morgan fingerprint density at radius 2 is 2.13 bits per heavy atom. The van der Waals surface area contributed by atoms with Crippen molar-refractivity contribution >= 4 is 21.9 Å². The van der Waals surface area contributed by atoms with E-state index in [1.165, 1.54) is 4.31 Å². The van der Waals surface area contributed by atoms with E-state index in [1.807, 2.05) is 0 Å². The zero-order chi connectivity index (χ0) is 17.2. The van der Waals surface area contributed by atoms with E-state index in [9.17, 15) is 22.4 Å². The highest BCUT2D eigenvalue weighted by Crippen LogP contribution is 2.20. The summed E-state index contributed by atoms with van der Waals surface area (Å²) in [6, 6.07) is 2.65. The number of aromatic carboxylic acids is 1. The minimum Gasteiger partial charge on any atom is -0.478 e. The maximum atomic E-state index is 13.8. The summed E-state index contributed by atoms with van der Waals surface area (Å²) < 4.78 is 38.3. The Balaban J connectivity index is 2.04. The summed E-state index contributed by atoms with van der Waals surface area (Å²) in [6.45, 7) is 0.479. The van der Waals surface area contributed by atoms with Gasteiger partial charge in [-0.3, -0.25) is 4.79 Å². The van der Waals surface area contributed by atoms with E-state index in [4.69, 9.17) is 5.11 Å². The second kappa shape index (κ2) is 6.63. The quantitative estimate of drug-likeness (QED) is 0.817. The Hall–Kier alpha value is -2.00. The van der Waals surface area contributed by atoms with Gasteiger partial charge in [0.25, 0.3) is 5.91 Å². The number of sulfonamides is 1. The number of hydrogen-bond acceptors (Lipinski definition) is 4. The Morgan fingerprint density at radius 1 is 1.43 bits per heavy atom. The van der Waals surface area contributed by atoms with Gasteiger partial charge in [0.05, 0.1) is 17.4 Å². The van der Waals surface area contributed by atoms with Gasteiger partial charge in [-0.05, 0) is 31.0 Å². The lowest BCUT2D eigenvalue weighted by Crippen LogP contribution is -2.42. The standard InChI is InChI=1S/C14H17FN2O5S/c1-23(21,22)17-6-2-3-10(17)8-16-13(18)11-5-4-9(14(19)20)7-12(11)15/h4-5,7,10H,2-3,6,8H2,1H3,(H,16,18)(H,19,20)/t10-/m1/s1. The summed E-state index contributed by atoms with van der Waals surface area (Å²) in [6.07, 6.45) is 2.43. The van der Waals surface area contributed by atoms with Gasteiger partial charge in [-0.25, -0.2) is 17.6 Å². The van der Waals surface area contributed by atoms with Gasteiger partial charge in [0.15, 0.2) is 0 Å². The molecule has 0 bridgehead atoms. The monoisotopic (exact) mass is 344 g/mol. The Bertz CT molecular complexity index is 735. The van der Waals surface area contributed by atoms with Crippen molar-refractivity contribution in [2.45, 2.75) is 18.9 Å². The minimum absolute atomic E-state index is 0.0754. The first kappa shape index (κ1) is 17.4. The molecule has 1 aliphatic heterocycles. The summed E-state index contributed by atoms with van der Waals surface area (Å²) in [5.41, 5.74) is -0.531. The smallest absolute Gasteiger partial charge is 0.335 e. The fourth-order valence-electron chi connectivity index (χ4n) is 2.59. The van der Waals surface area contributed by atoms with Gasteiger partial charge >= 0.3 is 5.97 Å². The lowest BCUT2D eigenvalue weighted by molar-refractivity contribution is 0.0695. The van der Waals surface area contributed by atoms with Crippen LogP contribution in [0.5, 0.6) is 0 Å². The number of carbonyl (C=O) groups excluding carboxylic acids is 1. The number of halogens is 1. The molecule has 1 aromatic rings. The van der Waals surface area contributed by atoms with Crippen molar-refractivity contribution in [2.24, 2.45) is 0 Å². The van der Waals surface area contributed by atoms with Crippen LogP contribution in [0.15, 0.2) is 18.2 Å². The molecule has 0 aliphatic carbocycles. The zero-order valence-corrected chi connectivity index (χ0v) is 13.3. The number of amides is 1. The number of benzene rings is 1. The molecule has 1 aromatic carbocycles. The summed E-state index contributed by atoms with van der Waals surface area (Å²) in [5.74, 6) is -2.93. The summed E-state index contributed by atoms with van der Waals surface area (Å²) in [4.78, 5) is 22.7. The van der Waals surface area contributed by atoms with Crippen molar-refractivity contribution in [3.8, 4) is 0 Å². The lowest BCUT2D eigenvalue weighted by atomic mass is 10.1. The number of carboxylic acid groups (broad SMARTS) is 1. The van der Waals surface area contributed by atoms with Crippen LogP contribution in [-0.2, 0) is 10.0 Å². The van der Waals surface area contributed by atoms with Gasteiger partial charge in [0, 0.05) is 19.1 Å². The SMILES string of the molecule is CS(=O)(=O)N1CCC[C@@H]1CNC(=O)c1ccc(C(=O)O)cc1F. The van der Waals surface area contributed by atoms with E-state index >= 15 is 0 Å². The van der Waals surface area contributed by atoms with Gasteiger partial charge in [-0.2, -0.15) is 4.31 Å². The first-order valence-corrected chi connectivity index (χ1v) is 8.83. The highest BCUT2D eigenvalue weighted by molar-refractivity contribution is 7.88. The van der Waals surface area contributed by atoms with Gasteiger partial charge in [0.2, 0.25) is 10.0 Å². The molecule has 7 nitrogen and oxygen atoms in total. The normalized spacial score (nSPS) is 18.8. The molecule has 0 radical (unpaired) electrons. The largest absolute Gasteiger partial charge is 0.478 e. The number of nitrogens with one attached hydrogen (secondary N) is 1. The molecular formula is C14H17FN2O5S. The first-order valence-electron chi connectivity index (χ1n) is 6.98. The maximum absolute atomic E-state index is 13.8. The van der Waals surface area contributed by atoms with Crippen molar-refractivity contribution in [3.05, 3.63) is 35.1 Å². The van der Waals surface area contributed by atoms with Crippen LogP contribution in [0.25, 0.3) is 0 Å². The summed E-state index contributed by atoms with van der Waals surface area (Å²) in [7, 11) is -3.34. The van der Waals surface area contributed by atoms with E-state index in [0.29, 0.717) is 19.4 Å².